The van der Waals surface area contributed by atoms with E-state index in [1.165, 1.54) is 45.7 Å². The SMILES string of the molecule is CCC1CN(CC2CNC2)CCN1C. The van der Waals surface area contributed by atoms with Gasteiger partial charge in [-0.15, -0.1) is 0 Å². The van der Waals surface area contributed by atoms with E-state index in [9.17, 15) is 0 Å². The molecule has 2 heterocycles. The van der Waals surface area contributed by atoms with Crippen LogP contribution in [0.25, 0.3) is 0 Å². The lowest BCUT2D eigenvalue weighted by atomic mass is 10.0. The Morgan fingerprint density at radius 2 is 2.07 bits per heavy atom. The molecule has 0 bridgehead atoms. The van der Waals surface area contributed by atoms with Gasteiger partial charge < -0.3 is 15.1 Å². The summed E-state index contributed by atoms with van der Waals surface area (Å²) in [6.45, 7) is 9.89. The van der Waals surface area contributed by atoms with Crippen molar-refractivity contribution in [3.05, 3.63) is 0 Å². The predicted octanol–water partition coefficient (Wildman–Crippen LogP) is 0.232. The third-order valence-electron chi connectivity index (χ3n) is 3.71. The van der Waals surface area contributed by atoms with Gasteiger partial charge in [0, 0.05) is 45.3 Å². The van der Waals surface area contributed by atoms with Crippen molar-refractivity contribution in [2.24, 2.45) is 5.92 Å². The zero-order valence-corrected chi connectivity index (χ0v) is 9.50. The summed E-state index contributed by atoms with van der Waals surface area (Å²) < 4.78 is 0. The first-order chi connectivity index (χ1) is 6.79. The van der Waals surface area contributed by atoms with Crippen LogP contribution in [0.4, 0.5) is 0 Å². The molecule has 0 amide bonds. The molecule has 0 aromatic heterocycles. The van der Waals surface area contributed by atoms with E-state index < -0.39 is 0 Å². The van der Waals surface area contributed by atoms with Crippen molar-refractivity contribution >= 4 is 0 Å². The van der Waals surface area contributed by atoms with Gasteiger partial charge in [-0.1, -0.05) is 6.92 Å². The number of rotatable bonds is 3. The van der Waals surface area contributed by atoms with Gasteiger partial charge in [-0.25, -0.2) is 0 Å². The van der Waals surface area contributed by atoms with E-state index in [0.29, 0.717) is 0 Å². The average molecular weight is 197 g/mol. The normalized spacial score (nSPS) is 31.7. The van der Waals surface area contributed by atoms with Crippen LogP contribution in [-0.4, -0.2) is 62.2 Å². The lowest BCUT2D eigenvalue weighted by molar-refractivity contribution is 0.0739. The standard InChI is InChI=1S/C11H23N3/c1-3-11-9-14(5-4-13(11)2)8-10-6-12-7-10/h10-12H,3-9H2,1-2H3. The number of nitrogens with zero attached hydrogens (tertiary/aromatic N) is 2. The summed E-state index contributed by atoms with van der Waals surface area (Å²) >= 11 is 0. The minimum absolute atomic E-state index is 0.789. The Hall–Kier alpha value is -0.120. The van der Waals surface area contributed by atoms with Crippen molar-refractivity contribution in [1.82, 2.24) is 15.1 Å². The maximum atomic E-state index is 3.35. The quantitative estimate of drug-likeness (QED) is 0.699. The van der Waals surface area contributed by atoms with E-state index in [0.717, 1.165) is 12.0 Å². The van der Waals surface area contributed by atoms with E-state index in [-0.39, 0.29) is 0 Å². The zero-order valence-electron chi connectivity index (χ0n) is 9.50. The maximum absolute atomic E-state index is 3.35. The summed E-state index contributed by atoms with van der Waals surface area (Å²) in [5.74, 6) is 0.927. The smallest absolute Gasteiger partial charge is 0.0218 e. The monoisotopic (exact) mass is 197 g/mol. The summed E-state index contributed by atoms with van der Waals surface area (Å²) in [6, 6.07) is 0.789. The molecule has 0 aliphatic carbocycles. The van der Waals surface area contributed by atoms with Crippen molar-refractivity contribution in [1.29, 1.82) is 0 Å². The number of piperazine rings is 1. The van der Waals surface area contributed by atoms with E-state index in [1.807, 2.05) is 0 Å². The van der Waals surface area contributed by atoms with Crippen LogP contribution in [0.3, 0.4) is 0 Å². The molecule has 0 aromatic carbocycles. The molecule has 0 aromatic rings. The molecule has 1 unspecified atom stereocenters. The van der Waals surface area contributed by atoms with Gasteiger partial charge in [0.1, 0.15) is 0 Å². The van der Waals surface area contributed by atoms with Crippen LogP contribution in [0.2, 0.25) is 0 Å². The molecule has 2 rings (SSSR count). The fourth-order valence-corrected chi connectivity index (χ4v) is 2.46. The Balaban J connectivity index is 1.76. The fraction of sp³-hybridized carbons (Fsp3) is 1.00. The van der Waals surface area contributed by atoms with Crippen molar-refractivity contribution in [3.8, 4) is 0 Å². The van der Waals surface area contributed by atoms with Crippen LogP contribution >= 0.6 is 0 Å². The van der Waals surface area contributed by atoms with E-state index >= 15 is 0 Å². The Labute approximate surface area is 87.4 Å². The average Bonchev–Trinajstić information content (AvgIpc) is 2.14. The molecule has 0 radical (unpaired) electrons. The maximum Gasteiger partial charge on any atom is 0.0218 e. The van der Waals surface area contributed by atoms with Crippen LogP contribution in [0.15, 0.2) is 0 Å². The molecule has 0 saturated carbocycles. The van der Waals surface area contributed by atoms with Crippen molar-refractivity contribution in [2.75, 3.05) is 46.3 Å². The highest BCUT2D eigenvalue weighted by molar-refractivity contribution is 4.84. The van der Waals surface area contributed by atoms with Crippen molar-refractivity contribution in [2.45, 2.75) is 19.4 Å². The molecule has 1 atom stereocenters. The molecular weight excluding hydrogens is 174 g/mol. The fourth-order valence-electron chi connectivity index (χ4n) is 2.46. The summed E-state index contributed by atoms with van der Waals surface area (Å²) in [5, 5.41) is 3.35. The number of hydrogen-bond donors (Lipinski definition) is 1. The van der Waals surface area contributed by atoms with Gasteiger partial charge in [-0.3, -0.25) is 0 Å². The van der Waals surface area contributed by atoms with Gasteiger partial charge in [-0.2, -0.15) is 0 Å². The van der Waals surface area contributed by atoms with Gasteiger partial charge >= 0.3 is 0 Å². The summed E-state index contributed by atoms with van der Waals surface area (Å²) in [6.07, 6.45) is 1.29. The van der Waals surface area contributed by atoms with Gasteiger partial charge in [0.05, 0.1) is 0 Å². The molecule has 3 heteroatoms. The molecule has 2 fully saturated rings. The molecule has 0 spiro atoms. The van der Waals surface area contributed by atoms with Crippen molar-refractivity contribution in [3.63, 3.8) is 0 Å². The second-order valence-corrected chi connectivity index (χ2v) is 4.83. The highest BCUT2D eigenvalue weighted by Crippen LogP contribution is 2.13. The minimum Gasteiger partial charge on any atom is -0.316 e. The van der Waals surface area contributed by atoms with Gasteiger partial charge in [0.25, 0.3) is 0 Å². The second kappa shape index (κ2) is 4.60. The summed E-state index contributed by atoms with van der Waals surface area (Å²) in [7, 11) is 2.26. The molecule has 2 aliphatic heterocycles. The first-order valence-electron chi connectivity index (χ1n) is 5.93. The van der Waals surface area contributed by atoms with Crippen LogP contribution in [0.1, 0.15) is 13.3 Å². The van der Waals surface area contributed by atoms with Crippen molar-refractivity contribution < 1.29 is 0 Å². The Morgan fingerprint density at radius 1 is 1.29 bits per heavy atom. The second-order valence-electron chi connectivity index (χ2n) is 4.83. The third kappa shape index (κ3) is 2.27. The highest BCUT2D eigenvalue weighted by atomic mass is 15.3. The highest BCUT2D eigenvalue weighted by Gasteiger charge is 2.26. The number of hydrogen-bond acceptors (Lipinski definition) is 3. The zero-order chi connectivity index (χ0) is 9.97. The van der Waals surface area contributed by atoms with Gasteiger partial charge in [0.2, 0.25) is 0 Å². The summed E-state index contributed by atoms with van der Waals surface area (Å²) in [5.41, 5.74) is 0. The predicted molar refractivity (Wildman–Crippen MR) is 59.5 cm³/mol. The van der Waals surface area contributed by atoms with Crippen LogP contribution < -0.4 is 5.32 Å². The molecule has 82 valence electrons. The number of likely N-dealkylation sites (N-methyl/N-ethyl adjacent to an activating group) is 1. The first kappa shape index (κ1) is 10.4. The molecule has 1 N–H and O–H groups in total. The largest absolute Gasteiger partial charge is 0.316 e. The molecule has 2 aliphatic rings. The lowest BCUT2D eigenvalue weighted by Gasteiger charge is -2.42. The molecule has 2 saturated heterocycles. The lowest BCUT2D eigenvalue weighted by Crippen LogP contribution is -2.55. The molecular formula is C11H23N3. The van der Waals surface area contributed by atoms with Crippen LogP contribution in [0.5, 0.6) is 0 Å². The van der Waals surface area contributed by atoms with E-state index in [1.54, 1.807) is 0 Å². The Bertz CT molecular complexity index is 179. The van der Waals surface area contributed by atoms with Gasteiger partial charge in [-0.05, 0) is 19.4 Å². The first-order valence-corrected chi connectivity index (χ1v) is 5.93. The Kier molecular flexibility index (Phi) is 3.42. The Morgan fingerprint density at radius 3 is 2.64 bits per heavy atom. The van der Waals surface area contributed by atoms with E-state index in [4.69, 9.17) is 0 Å². The summed E-state index contributed by atoms with van der Waals surface area (Å²) in [4.78, 5) is 5.16. The molecule has 14 heavy (non-hydrogen) atoms. The minimum atomic E-state index is 0.789. The van der Waals surface area contributed by atoms with Crippen LogP contribution in [0, 0.1) is 5.92 Å². The van der Waals surface area contributed by atoms with E-state index in [2.05, 4.69) is 29.1 Å². The number of nitrogens with one attached hydrogen (secondary N) is 1. The van der Waals surface area contributed by atoms with Crippen LogP contribution in [-0.2, 0) is 0 Å². The van der Waals surface area contributed by atoms with Gasteiger partial charge in [0.15, 0.2) is 0 Å². The third-order valence-corrected chi connectivity index (χ3v) is 3.71. The molecule has 3 nitrogen and oxygen atoms in total. The topological polar surface area (TPSA) is 18.5 Å².